The Morgan fingerprint density at radius 2 is 2.37 bits per heavy atom. The van der Waals surface area contributed by atoms with Crippen LogP contribution in [0.2, 0.25) is 0 Å². The normalized spacial score (nSPS) is 11.7. The van der Waals surface area contributed by atoms with E-state index in [-0.39, 0.29) is 0 Å². The fourth-order valence-electron chi connectivity index (χ4n) is 1.66. The molecular formula is C13H24N4OS. The number of hydrogen-bond acceptors (Lipinski definition) is 4. The maximum absolute atomic E-state index is 5.03. The van der Waals surface area contributed by atoms with Crippen LogP contribution in [0.15, 0.2) is 10.4 Å². The summed E-state index contributed by atoms with van der Waals surface area (Å²) in [6, 6.07) is 0. The summed E-state index contributed by atoms with van der Waals surface area (Å²) in [5.74, 6) is 0.921. The number of aromatic nitrogens is 1. The molecule has 6 heteroatoms. The minimum atomic E-state index is 0.748. The molecule has 0 fully saturated rings. The van der Waals surface area contributed by atoms with Crippen LogP contribution in [0.25, 0.3) is 0 Å². The lowest BCUT2D eigenvalue weighted by atomic mass is 10.4. The van der Waals surface area contributed by atoms with Gasteiger partial charge in [0.1, 0.15) is 0 Å². The summed E-state index contributed by atoms with van der Waals surface area (Å²) < 4.78 is 5.03. The van der Waals surface area contributed by atoms with Crippen LogP contribution in [-0.2, 0) is 11.3 Å². The monoisotopic (exact) mass is 284 g/mol. The molecule has 108 valence electrons. The van der Waals surface area contributed by atoms with Gasteiger partial charge in [-0.15, -0.1) is 11.3 Å². The van der Waals surface area contributed by atoms with E-state index < -0.39 is 0 Å². The minimum absolute atomic E-state index is 0.748. The molecule has 0 aliphatic rings. The fourth-order valence-corrected chi connectivity index (χ4v) is 2.27. The highest BCUT2D eigenvalue weighted by Crippen LogP contribution is 2.09. The smallest absolute Gasteiger partial charge is 0.194 e. The summed E-state index contributed by atoms with van der Waals surface area (Å²) in [6.45, 7) is 7.27. The zero-order valence-corrected chi connectivity index (χ0v) is 13.1. The third-order valence-electron chi connectivity index (χ3n) is 2.53. The largest absolute Gasteiger partial charge is 0.385 e. The molecule has 1 rings (SSSR count). The molecule has 19 heavy (non-hydrogen) atoms. The predicted molar refractivity (Wildman–Crippen MR) is 80.8 cm³/mol. The number of nitrogens with one attached hydrogen (secondary N) is 1. The van der Waals surface area contributed by atoms with Gasteiger partial charge in [0, 0.05) is 39.2 Å². The molecule has 1 N–H and O–H groups in total. The van der Waals surface area contributed by atoms with Crippen LogP contribution in [0.5, 0.6) is 0 Å². The number of aliphatic imine (C=N–C) groups is 1. The Morgan fingerprint density at radius 3 is 2.95 bits per heavy atom. The topological polar surface area (TPSA) is 49.8 Å². The van der Waals surface area contributed by atoms with Gasteiger partial charge in [-0.25, -0.2) is 4.98 Å². The molecule has 0 unspecified atom stereocenters. The first-order valence-electron chi connectivity index (χ1n) is 6.56. The molecule has 0 amide bonds. The lowest BCUT2D eigenvalue weighted by molar-refractivity contribution is 0.197. The standard InChI is InChI=1S/C13H24N4OS/c1-5-14-13(15-7-6-8-18-4)17(3)9-12-10-19-11(2)16-12/h10H,5-9H2,1-4H3,(H,14,15). The number of hydrogen-bond donors (Lipinski definition) is 1. The lowest BCUT2D eigenvalue weighted by Gasteiger charge is -2.21. The Balaban J connectivity index is 2.53. The van der Waals surface area contributed by atoms with Crippen LogP contribution in [0.3, 0.4) is 0 Å². The van der Waals surface area contributed by atoms with Crippen LogP contribution < -0.4 is 5.32 Å². The highest BCUT2D eigenvalue weighted by Gasteiger charge is 2.08. The Labute approximate surface area is 119 Å². The summed E-state index contributed by atoms with van der Waals surface area (Å²) in [5, 5.41) is 6.50. The third-order valence-corrected chi connectivity index (χ3v) is 3.35. The third kappa shape index (κ3) is 6.02. The first-order chi connectivity index (χ1) is 9.17. The summed E-state index contributed by atoms with van der Waals surface area (Å²) in [5.41, 5.74) is 1.09. The van der Waals surface area contributed by atoms with E-state index in [1.165, 1.54) is 0 Å². The van der Waals surface area contributed by atoms with Crippen molar-refractivity contribution in [3.63, 3.8) is 0 Å². The van der Waals surface area contributed by atoms with Crippen molar-refractivity contribution in [1.29, 1.82) is 0 Å². The summed E-state index contributed by atoms with van der Waals surface area (Å²) in [4.78, 5) is 11.2. The molecule has 0 aliphatic carbocycles. The second-order valence-electron chi connectivity index (χ2n) is 4.30. The molecule has 0 atom stereocenters. The second-order valence-corrected chi connectivity index (χ2v) is 5.36. The van der Waals surface area contributed by atoms with E-state index in [1.54, 1.807) is 18.4 Å². The molecular weight excluding hydrogens is 260 g/mol. The first kappa shape index (κ1) is 15.9. The first-order valence-corrected chi connectivity index (χ1v) is 7.44. The van der Waals surface area contributed by atoms with Crippen LogP contribution in [0.4, 0.5) is 0 Å². The summed E-state index contributed by atoms with van der Waals surface area (Å²) in [7, 11) is 3.75. The van der Waals surface area contributed by atoms with Gasteiger partial charge < -0.3 is 15.0 Å². The molecule has 5 nitrogen and oxygen atoms in total. The van der Waals surface area contributed by atoms with Crippen molar-refractivity contribution < 1.29 is 4.74 Å². The Kier molecular flexibility index (Phi) is 7.43. The highest BCUT2D eigenvalue weighted by atomic mass is 32.1. The average molecular weight is 284 g/mol. The maximum Gasteiger partial charge on any atom is 0.194 e. The SMILES string of the molecule is CCNC(=NCCCOC)N(C)Cc1csc(C)n1. The Bertz CT molecular complexity index is 392. The molecule has 1 aromatic heterocycles. The molecule has 0 aliphatic heterocycles. The summed E-state index contributed by atoms with van der Waals surface area (Å²) in [6.07, 6.45) is 0.940. The lowest BCUT2D eigenvalue weighted by Crippen LogP contribution is -2.38. The molecule has 0 saturated carbocycles. The van der Waals surface area contributed by atoms with Crippen molar-refractivity contribution in [2.75, 3.05) is 33.9 Å². The van der Waals surface area contributed by atoms with E-state index in [4.69, 9.17) is 4.74 Å². The van der Waals surface area contributed by atoms with E-state index in [2.05, 4.69) is 32.5 Å². The van der Waals surface area contributed by atoms with Gasteiger partial charge in [0.05, 0.1) is 17.2 Å². The van der Waals surface area contributed by atoms with Crippen molar-refractivity contribution >= 4 is 17.3 Å². The average Bonchev–Trinajstić information content (AvgIpc) is 2.78. The summed E-state index contributed by atoms with van der Waals surface area (Å²) >= 11 is 1.68. The van der Waals surface area contributed by atoms with Crippen LogP contribution in [-0.4, -0.2) is 49.7 Å². The molecule has 0 saturated heterocycles. The fraction of sp³-hybridized carbons (Fsp3) is 0.692. The van der Waals surface area contributed by atoms with Gasteiger partial charge in [-0.2, -0.15) is 0 Å². The zero-order valence-electron chi connectivity index (χ0n) is 12.3. The Morgan fingerprint density at radius 1 is 1.58 bits per heavy atom. The van der Waals surface area contributed by atoms with Gasteiger partial charge in [0.25, 0.3) is 0 Å². The van der Waals surface area contributed by atoms with E-state index in [9.17, 15) is 0 Å². The maximum atomic E-state index is 5.03. The van der Waals surface area contributed by atoms with Crippen LogP contribution >= 0.6 is 11.3 Å². The number of ether oxygens (including phenoxy) is 1. The Hall–Kier alpha value is -1.14. The zero-order chi connectivity index (χ0) is 14.1. The van der Waals surface area contributed by atoms with Gasteiger partial charge >= 0.3 is 0 Å². The minimum Gasteiger partial charge on any atom is -0.385 e. The number of guanidine groups is 1. The molecule has 0 radical (unpaired) electrons. The van der Waals surface area contributed by atoms with Crippen molar-refractivity contribution in [3.05, 3.63) is 16.1 Å². The predicted octanol–water partition coefficient (Wildman–Crippen LogP) is 1.89. The number of aryl methyl sites for hydroxylation is 1. The van der Waals surface area contributed by atoms with Gasteiger partial charge in [-0.3, -0.25) is 4.99 Å². The number of thiazole rings is 1. The molecule has 0 spiro atoms. The van der Waals surface area contributed by atoms with Crippen molar-refractivity contribution in [3.8, 4) is 0 Å². The van der Waals surface area contributed by atoms with Gasteiger partial charge in [0.2, 0.25) is 0 Å². The van der Waals surface area contributed by atoms with E-state index in [1.807, 2.05) is 14.0 Å². The number of nitrogens with zero attached hydrogens (tertiary/aromatic N) is 3. The van der Waals surface area contributed by atoms with E-state index in [0.717, 1.165) is 49.3 Å². The molecule has 1 heterocycles. The highest BCUT2D eigenvalue weighted by molar-refractivity contribution is 7.09. The van der Waals surface area contributed by atoms with Crippen molar-refractivity contribution in [2.24, 2.45) is 4.99 Å². The van der Waals surface area contributed by atoms with Gasteiger partial charge in [0.15, 0.2) is 5.96 Å². The molecule has 0 aromatic carbocycles. The van der Waals surface area contributed by atoms with Crippen LogP contribution in [0.1, 0.15) is 24.0 Å². The van der Waals surface area contributed by atoms with E-state index >= 15 is 0 Å². The molecule has 0 bridgehead atoms. The number of methoxy groups -OCH3 is 1. The van der Waals surface area contributed by atoms with Gasteiger partial charge in [-0.05, 0) is 20.3 Å². The van der Waals surface area contributed by atoms with Crippen molar-refractivity contribution in [2.45, 2.75) is 26.8 Å². The molecule has 1 aromatic rings. The number of rotatable bonds is 7. The van der Waals surface area contributed by atoms with Crippen molar-refractivity contribution in [1.82, 2.24) is 15.2 Å². The van der Waals surface area contributed by atoms with Gasteiger partial charge in [-0.1, -0.05) is 0 Å². The van der Waals surface area contributed by atoms with E-state index in [0.29, 0.717) is 0 Å². The second kappa shape index (κ2) is 8.87. The van der Waals surface area contributed by atoms with Crippen LogP contribution in [0, 0.1) is 6.92 Å². The quantitative estimate of drug-likeness (QED) is 0.472.